The van der Waals surface area contributed by atoms with Crippen molar-refractivity contribution in [1.29, 1.82) is 0 Å². The van der Waals surface area contributed by atoms with Gasteiger partial charge in [-0.2, -0.15) is 0 Å². The number of benzene rings is 1. The molecule has 0 aromatic heterocycles. The van der Waals surface area contributed by atoms with Crippen LogP contribution in [0.2, 0.25) is 0 Å². The fourth-order valence-electron chi connectivity index (χ4n) is 2.63. The number of hydrogen-bond donors (Lipinski definition) is 2. The Kier molecular flexibility index (Phi) is 5.49. The number of carbonyl (C=O) groups excluding carboxylic acids is 1. The number of likely N-dealkylation sites (tertiary alicyclic amines) is 1. The van der Waals surface area contributed by atoms with E-state index in [0.29, 0.717) is 18.8 Å². The Bertz CT molecular complexity index is 435. The highest BCUT2D eigenvalue weighted by molar-refractivity contribution is 5.92. The first-order valence-electron chi connectivity index (χ1n) is 7.18. The SMILES string of the molecule is NCC1CCCCCN1CC(=O)Nc1ccc(F)cc1. The summed E-state index contributed by atoms with van der Waals surface area (Å²) < 4.78 is 12.8. The molecule has 2 rings (SSSR count). The van der Waals surface area contributed by atoms with Crippen molar-refractivity contribution < 1.29 is 9.18 Å². The zero-order chi connectivity index (χ0) is 14.4. The van der Waals surface area contributed by atoms with Crippen LogP contribution in [0.5, 0.6) is 0 Å². The molecule has 3 N–H and O–H groups in total. The van der Waals surface area contributed by atoms with Crippen molar-refractivity contribution in [1.82, 2.24) is 4.90 Å². The van der Waals surface area contributed by atoms with E-state index < -0.39 is 0 Å². The average molecular weight is 279 g/mol. The molecule has 0 saturated carbocycles. The van der Waals surface area contributed by atoms with Gasteiger partial charge in [0.1, 0.15) is 5.82 Å². The molecule has 20 heavy (non-hydrogen) atoms. The summed E-state index contributed by atoms with van der Waals surface area (Å²) in [5.74, 6) is -0.379. The maximum Gasteiger partial charge on any atom is 0.238 e. The van der Waals surface area contributed by atoms with Crippen molar-refractivity contribution in [3.8, 4) is 0 Å². The van der Waals surface area contributed by atoms with Gasteiger partial charge in [-0.25, -0.2) is 4.39 Å². The second-order valence-electron chi connectivity index (χ2n) is 5.26. The van der Waals surface area contributed by atoms with Crippen LogP contribution in [0.25, 0.3) is 0 Å². The first-order chi connectivity index (χ1) is 9.69. The summed E-state index contributed by atoms with van der Waals surface area (Å²) >= 11 is 0. The molecule has 110 valence electrons. The maximum absolute atomic E-state index is 12.8. The topological polar surface area (TPSA) is 58.4 Å². The number of carbonyl (C=O) groups is 1. The minimum absolute atomic E-state index is 0.0723. The predicted octanol–water partition coefficient (Wildman–Crippen LogP) is 1.97. The molecule has 1 heterocycles. The number of halogens is 1. The Morgan fingerprint density at radius 3 is 2.75 bits per heavy atom. The van der Waals surface area contributed by atoms with E-state index >= 15 is 0 Å². The summed E-state index contributed by atoms with van der Waals surface area (Å²) in [7, 11) is 0. The zero-order valence-corrected chi connectivity index (χ0v) is 11.6. The minimum atomic E-state index is -0.307. The highest BCUT2D eigenvalue weighted by Crippen LogP contribution is 2.16. The molecule has 0 aliphatic carbocycles. The van der Waals surface area contributed by atoms with Crippen molar-refractivity contribution in [2.45, 2.75) is 31.7 Å². The summed E-state index contributed by atoms with van der Waals surface area (Å²) in [6.45, 7) is 1.85. The Balaban J connectivity index is 1.90. The normalized spacial score (nSPS) is 20.4. The second-order valence-corrected chi connectivity index (χ2v) is 5.26. The van der Waals surface area contributed by atoms with Crippen molar-refractivity contribution in [2.75, 3.05) is 25.0 Å². The largest absolute Gasteiger partial charge is 0.329 e. The molecule has 5 heteroatoms. The molecule has 1 saturated heterocycles. The standard InChI is InChI=1S/C15H22FN3O/c16-12-5-7-13(8-6-12)18-15(20)11-19-9-3-1-2-4-14(19)10-17/h5-8,14H,1-4,9-11,17H2,(H,18,20). The summed E-state index contributed by atoms with van der Waals surface area (Å²) in [5, 5.41) is 2.79. The molecule has 0 spiro atoms. The van der Waals surface area contributed by atoms with E-state index in [1.807, 2.05) is 0 Å². The van der Waals surface area contributed by atoms with Gasteiger partial charge in [0.2, 0.25) is 5.91 Å². The molecule has 1 atom stereocenters. The Labute approximate surface area is 119 Å². The van der Waals surface area contributed by atoms with Gasteiger partial charge in [0.05, 0.1) is 6.54 Å². The van der Waals surface area contributed by atoms with E-state index in [4.69, 9.17) is 5.73 Å². The van der Waals surface area contributed by atoms with Gasteiger partial charge in [-0.3, -0.25) is 9.69 Å². The van der Waals surface area contributed by atoms with Crippen molar-refractivity contribution >= 4 is 11.6 Å². The zero-order valence-electron chi connectivity index (χ0n) is 11.6. The molecule has 1 unspecified atom stereocenters. The molecule has 4 nitrogen and oxygen atoms in total. The van der Waals surface area contributed by atoms with Crippen LogP contribution in [0.15, 0.2) is 24.3 Å². The van der Waals surface area contributed by atoms with Crippen LogP contribution in [0.1, 0.15) is 25.7 Å². The molecule has 1 amide bonds. The van der Waals surface area contributed by atoms with Gasteiger partial charge in [0, 0.05) is 18.3 Å². The number of hydrogen-bond acceptors (Lipinski definition) is 3. The van der Waals surface area contributed by atoms with Gasteiger partial charge in [-0.1, -0.05) is 12.8 Å². The van der Waals surface area contributed by atoms with E-state index in [-0.39, 0.29) is 17.8 Å². The average Bonchev–Trinajstić information content (AvgIpc) is 2.66. The second kappa shape index (κ2) is 7.36. The number of rotatable bonds is 4. The smallest absolute Gasteiger partial charge is 0.238 e. The third kappa shape index (κ3) is 4.28. The van der Waals surface area contributed by atoms with Crippen LogP contribution in [-0.2, 0) is 4.79 Å². The Hall–Kier alpha value is -1.46. The van der Waals surface area contributed by atoms with Crippen molar-refractivity contribution in [3.63, 3.8) is 0 Å². The molecule has 1 aliphatic rings. The van der Waals surface area contributed by atoms with Crippen molar-refractivity contribution in [3.05, 3.63) is 30.1 Å². The summed E-state index contributed by atoms with van der Waals surface area (Å²) in [6.07, 6.45) is 4.55. The molecular weight excluding hydrogens is 257 g/mol. The lowest BCUT2D eigenvalue weighted by Gasteiger charge is -2.28. The van der Waals surface area contributed by atoms with Gasteiger partial charge in [-0.05, 0) is 43.7 Å². The maximum atomic E-state index is 12.8. The first kappa shape index (κ1) is 14.9. The predicted molar refractivity (Wildman–Crippen MR) is 77.9 cm³/mol. The first-order valence-corrected chi connectivity index (χ1v) is 7.18. The number of nitrogens with two attached hydrogens (primary N) is 1. The molecule has 1 aromatic rings. The van der Waals surface area contributed by atoms with Crippen LogP contribution >= 0.6 is 0 Å². The van der Waals surface area contributed by atoms with Gasteiger partial charge in [-0.15, -0.1) is 0 Å². The number of amides is 1. The van der Waals surface area contributed by atoms with Gasteiger partial charge in [0.15, 0.2) is 0 Å². The molecule has 0 bridgehead atoms. The van der Waals surface area contributed by atoms with E-state index in [1.54, 1.807) is 12.1 Å². The number of nitrogens with one attached hydrogen (secondary N) is 1. The lowest BCUT2D eigenvalue weighted by Crippen LogP contribution is -2.44. The van der Waals surface area contributed by atoms with Crippen molar-refractivity contribution in [2.24, 2.45) is 5.73 Å². The molecular formula is C15H22FN3O. The Morgan fingerprint density at radius 1 is 1.30 bits per heavy atom. The van der Waals surface area contributed by atoms with E-state index in [2.05, 4.69) is 10.2 Å². The van der Waals surface area contributed by atoms with E-state index in [1.165, 1.54) is 25.0 Å². The van der Waals surface area contributed by atoms with Gasteiger partial charge in [0.25, 0.3) is 0 Å². The fraction of sp³-hybridized carbons (Fsp3) is 0.533. The van der Waals surface area contributed by atoms with Crippen LogP contribution in [0.4, 0.5) is 10.1 Å². The van der Waals surface area contributed by atoms with E-state index in [0.717, 1.165) is 19.4 Å². The van der Waals surface area contributed by atoms with E-state index in [9.17, 15) is 9.18 Å². The van der Waals surface area contributed by atoms with Gasteiger partial charge >= 0.3 is 0 Å². The molecule has 0 radical (unpaired) electrons. The van der Waals surface area contributed by atoms with Gasteiger partial charge < -0.3 is 11.1 Å². The number of anilines is 1. The third-order valence-corrected chi connectivity index (χ3v) is 3.75. The highest BCUT2D eigenvalue weighted by Gasteiger charge is 2.21. The van der Waals surface area contributed by atoms with Crippen LogP contribution < -0.4 is 11.1 Å². The third-order valence-electron chi connectivity index (χ3n) is 3.75. The van der Waals surface area contributed by atoms with Crippen LogP contribution in [0, 0.1) is 5.82 Å². The number of nitrogens with zero attached hydrogens (tertiary/aromatic N) is 1. The molecule has 1 aromatic carbocycles. The summed E-state index contributed by atoms with van der Waals surface area (Å²) in [6, 6.07) is 6.09. The highest BCUT2D eigenvalue weighted by atomic mass is 19.1. The van der Waals surface area contributed by atoms with Crippen LogP contribution in [-0.4, -0.2) is 36.5 Å². The lowest BCUT2D eigenvalue weighted by molar-refractivity contribution is -0.117. The summed E-state index contributed by atoms with van der Waals surface area (Å²) in [5.41, 5.74) is 6.41. The lowest BCUT2D eigenvalue weighted by atomic mass is 10.1. The molecule has 1 aliphatic heterocycles. The van der Waals surface area contributed by atoms with Crippen LogP contribution in [0.3, 0.4) is 0 Å². The monoisotopic (exact) mass is 279 g/mol. The summed E-state index contributed by atoms with van der Waals surface area (Å²) in [4.78, 5) is 14.2. The quantitative estimate of drug-likeness (QED) is 0.886. The molecule has 1 fully saturated rings. The minimum Gasteiger partial charge on any atom is -0.329 e. The Morgan fingerprint density at radius 2 is 2.05 bits per heavy atom. The fourth-order valence-corrected chi connectivity index (χ4v) is 2.63.